The molecular formula is C25H29N3O4. The summed E-state index contributed by atoms with van der Waals surface area (Å²) in [6, 6.07) is 13.8. The van der Waals surface area contributed by atoms with E-state index in [4.69, 9.17) is 14.2 Å². The molecule has 5 rings (SSSR count). The molecule has 1 saturated heterocycles. The number of hydrogen-bond donors (Lipinski definition) is 2. The number of pyridine rings is 1. The molecule has 1 aromatic heterocycles. The van der Waals surface area contributed by atoms with Gasteiger partial charge in [-0.2, -0.15) is 0 Å². The van der Waals surface area contributed by atoms with E-state index in [0.29, 0.717) is 19.8 Å². The number of β-amino-alcohol motifs (C(OH)–C–C–N with tert-alkyl or cyclic N) is 1. The van der Waals surface area contributed by atoms with Crippen LogP contribution in [0.3, 0.4) is 0 Å². The Bertz CT molecular complexity index is 1090. The Morgan fingerprint density at radius 2 is 2.03 bits per heavy atom. The quantitative estimate of drug-likeness (QED) is 0.590. The van der Waals surface area contributed by atoms with Crippen molar-refractivity contribution in [3.63, 3.8) is 0 Å². The monoisotopic (exact) mass is 435 g/mol. The molecule has 0 aliphatic carbocycles. The minimum Gasteiger partial charge on any atom is -0.497 e. The summed E-state index contributed by atoms with van der Waals surface area (Å²) in [5, 5.41) is 15.7. The molecular weight excluding hydrogens is 406 g/mol. The van der Waals surface area contributed by atoms with Crippen molar-refractivity contribution in [3.05, 3.63) is 59.8 Å². The van der Waals surface area contributed by atoms with E-state index in [2.05, 4.69) is 21.3 Å². The summed E-state index contributed by atoms with van der Waals surface area (Å²) >= 11 is 0. The Labute approximate surface area is 187 Å². The molecule has 2 N–H and O–H groups in total. The van der Waals surface area contributed by atoms with Crippen LogP contribution in [0.4, 0.5) is 0 Å². The second kappa shape index (κ2) is 9.32. The maximum atomic E-state index is 11.1. The maximum Gasteiger partial charge on any atom is 0.161 e. The lowest BCUT2D eigenvalue weighted by molar-refractivity contribution is 0.0974. The average molecular weight is 436 g/mol. The third kappa shape index (κ3) is 4.37. The molecule has 7 heteroatoms. The summed E-state index contributed by atoms with van der Waals surface area (Å²) in [5.41, 5.74) is 2.90. The number of aliphatic hydroxyl groups excluding tert-OH is 1. The highest BCUT2D eigenvalue weighted by Gasteiger charge is 2.27. The molecule has 2 unspecified atom stereocenters. The van der Waals surface area contributed by atoms with Crippen molar-refractivity contribution < 1.29 is 19.3 Å². The fourth-order valence-electron chi connectivity index (χ4n) is 4.59. The summed E-state index contributed by atoms with van der Waals surface area (Å²) in [6.45, 7) is 3.46. The molecule has 168 valence electrons. The number of hydrogen-bond acceptors (Lipinski definition) is 7. The first kappa shape index (κ1) is 21.0. The first-order valence-electron chi connectivity index (χ1n) is 11.2. The van der Waals surface area contributed by atoms with Gasteiger partial charge in [0.1, 0.15) is 19.0 Å². The number of fused-ring (bicyclic) bond motifs is 2. The molecule has 3 aromatic rings. The van der Waals surface area contributed by atoms with Gasteiger partial charge < -0.3 is 19.3 Å². The van der Waals surface area contributed by atoms with Gasteiger partial charge >= 0.3 is 0 Å². The normalized spacial score (nSPS) is 19.2. The standard InChI is InChI=1S/C25H29N3O4/c1-30-18-5-6-21-20(14-18)19(8-9-26-21)22(29)16-28-10-2-3-25(28)27-15-17-4-7-23-24(13-17)32-12-11-31-23/h4-9,13-14,22,25,27,29H,2-3,10-12,15-16H2,1H3. The van der Waals surface area contributed by atoms with Crippen LogP contribution in [0, 0.1) is 0 Å². The minimum atomic E-state index is -0.607. The lowest BCUT2D eigenvalue weighted by Crippen LogP contribution is -2.42. The number of likely N-dealkylation sites (tertiary alicyclic amines) is 1. The van der Waals surface area contributed by atoms with Crippen LogP contribution in [0.1, 0.15) is 30.1 Å². The second-order valence-corrected chi connectivity index (χ2v) is 8.31. The van der Waals surface area contributed by atoms with E-state index in [1.807, 2.05) is 36.4 Å². The molecule has 0 saturated carbocycles. The van der Waals surface area contributed by atoms with Crippen LogP contribution in [0.2, 0.25) is 0 Å². The molecule has 3 heterocycles. The Morgan fingerprint density at radius 3 is 2.91 bits per heavy atom. The zero-order valence-corrected chi connectivity index (χ0v) is 18.3. The molecule has 0 spiro atoms. The highest BCUT2D eigenvalue weighted by Crippen LogP contribution is 2.31. The Kier molecular flexibility index (Phi) is 6.12. The lowest BCUT2D eigenvalue weighted by atomic mass is 10.0. The van der Waals surface area contributed by atoms with Crippen LogP contribution in [0.15, 0.2) is 48.7 Å². The molecule has 1 fully saturated rings. The number of aromatic nitrogens is 1. The van der Waals surface area contributed by atoms with Gasteiger partial charge in [0.05, 0.1) is 24.9 Å². The number of methoxy groups -OCH3 is 1. The third-order valence-electron chi connectivity index (χ3n) is 6.26. The molecule has 2 atom stereocenters. The van der Waals surface area contributed by atoms with E-state index in [-0.39, 0.29) is 6.17 Å². The van der Waals surface area contributed by atoms with Gasteiger partial charge in [0.2, 0.25) is 0 Å². The van der Waals surface area contributed by atoms with Crippen LogP contribution < -0.4 is 19.5 Å². The van der Waals surface area contributed by atoms with Crippen LogP contribution >= 0.6 is 0 Å². The molecule has 7 nitrogen and oxygen atoms in total. The van der Waals surface area contributed by atoms with E-state index >= 15 is 0 Å². The highest BCUT2D eigenvalue weighted by atomic mass is 16.6. The van der Waals surface area contributed by atoms with Crippen molar-refractivity contribution in [2.24, 2.45) is 0 Å². The summed E-state index contributed by atoms with van der Waals surface area (Å²) in [6.07, 6.45) is 3.54. The summed E-state index contributed by atoms with van der Waals surface area (Å²) in [4.78, 5) is 6.76. The highest BCUT2D eigenvalue weighted by molar-refractivity contribution is 5.83. The number of ether oxygens (including phenoxy) is 3. The van der Waals surface area contributed by atoms with Gasteiger partial charge in [-0.25, -0.2) is 0 Å². The van der Waals surface area contributed by atoms with Crippen molar-refractivity contribution in [1.29, 1.82) is 0 Å². The fourth-order valence-corrected chi connectivity index (χ4v) is 4.59. The zero-order valence-electron chi connectivity index (χ0n) is 18.3. The molecule has 32 heavy (non-hydrogen) atoms. The third-order valence-corrected chi connectivity index (χ3v) is 6.26. The van der Waals surface area contributed by atoms with Gasteiger partial charge in [-0.15, -0.1) is 0 Å². The molecule has 0 amide bonds. The molecule has 2 aromatic carbocycles. The van der Waals surface area contributed by atoms with Crippen molar-refractivity contribution in [3.8, 4) is 17.2 Å². The van der Waals surface area contributed by atoms with E-state index < -0.39 is 6.10 Å². The molecule has 2 aliphatic heterocycles. The molecule has 2 aliphatic rings. The van der Waals surface area contributed by atoms with E-state index in [9.17, 15) is 5.11 Å². The van der Waals surface area contributed by atoms with E-state index in [1.54, 1.807) is 13.3 Å². The smallest absolute Gasteiger partial charge is 0.161 e. The van der Waals surface area contributed by atoms with Gasteiger partial charge in [-0.05, 0) is 66.9 Å². The predicted molar refractivity (Wildman–Crippen MR) is 122 cm³/mol. The van der Waals surface area contributed by atoms with Crippen LogP contribution in [0.5, 0.6) is 17.2 Å². The zero-order chi connectivity index (χ0) is 21.9. The van der Waals surface area contributed by atoms with E-state index in [0.717, 1.165) is 65.2 Å². The van der Waals surface area contributed by atoms with Crippen LogP contribution in [-0.4, -0.2) is 54.6 Å². The fraction of sp³-hybridized carbons (Fsp3) is 0.400. The number of benzene rings is 2. The van der Waals surface area contributed by atoms with Gasteiger partial charge in [-0.1, -0.05) is 6.07 Å². The number of rotatable bonds is 7. The molecule has 0 bridgehead atoms. The number of aliphatic hydroxyl groups is 1. The summed E-state index contributed by atoms with van der Waals surface area (Å²) in [5.74, 6) is 2.39. The van der Waals surface area contributed by atoms with Gasteiger partial charge in [0.25, 0.3) is 0 Å². The SMILES string of the molecule is COc1ccc2nccc(C(O)CN3CCCC3NCc3ccc4c(c3)OCCO4)c2c1. The number of nitrogens with one attached hydrogen (secondary N) is 1. The van der Waals surface area contributed by atoms with Gasteiger partial charge in [0.15, 0.2) is 11.5 Å². The first-order chi connectivity index (χ1) is 15.7. The van der Waals surface area contributed by atoms with E-state index in [1.165, 1.54) is 0 Å². The Hall–Kier alpha value is -2.87. The largest absolute Gasteiger partial charge is 0.497 e. The molecule has 0 radical (unpaired) electrons. The second-order valence-electron chi connectivity index (χ2n) is 8.31. The van der Waals surface area contributed by atoms with Crippen molar-refractivity contribution in [1.82, 2.24) is 15.2 Å². The average Bonchev–Trinajstić information content (AvgIpc) is 3.28. The maximum absolute atomic E-state index is 11.1. The Balaban J connectivity index is 1.26. The van der Waals surface area contributed by atoms with Crippen molar-refractivity contribution >= 4 is 10.9 Å². The van der Waals surface area contributed by atoms with Gasteiger partial charge in [0, 0.05) is 24.7 Å². The number of nitrogens with zero attached hydrogens (tertiary/aromatic N) is 2. The topological polar surface area (TPSA) is 76.1 Å². The first-order valence-corrected chi connectivity index (χ1v) is 11.2. The van der Waals surface area contributed by atoms with Crippen LogP contribution in [0.25, 0.3) is 10.9 Å². The Morgan fingerprint density at radius 1 is 1.16 bits per heavy atom. The predicted octanol–water partition coefficient (Wildman–Crippen LogP) is 3.26. The lowest BCUT2D eigenvalue weighted by Gasteiger charge is -2.28. The van der Waals surface area contributed by atoms with Crippen LogP contribution in [-0.2, 0) is 6.54 Å². The van der Waals surface area contributed by atoms with Crippen molar-refractivity contribution in [2.45, 2.75) is 31.7 Å². The minimum absolute atomic E-state index is 0.223. The van der Waals surface area contributed by atoms with Gasteiger partial charge in [-0.3, -0.25) is 15.2 Å². The summed E-state index contributed by atoms with van der Waals surface area (Å²) in [7, 11) is 1.65. The summed E-state index contributed by atoms with van der Waals surface area (Å²) < 4.78 is 16.7. The van der Waals surface area contributed by atoms with Crippen molar-refractivity contribution in [2.75, 3.05) is 33.4 Å².